The van der Waals surface area contributed by atoms with Crippen LogP contribution in [0.4, 0.5) is 5.69 Å². The van der Waals surface area contributed by atoms with E-state index in [9.17, 15) is 9.59 Å². The molecule has 2 bridgehead atoms. The Morgan fingerprint density at radius 1 is 0.875 bits per heavy atom. The number of fused-ring (bicyclic) bond motifs is 3. The lowest BCUT2D eigenvalue weighted by Crippen LogP contribution is -2.57. The van der Waals surface area contributed by atoms with Crippen molar-refractivity contribution in [2.24, 2.45) is 5.92 Å². The first-order chi connectivity index (χ1) is 15.2. The molecule has 3 aliphatic heterocycles. The van der Waals surface area contributed by atoms with Crippen LogP contribution in [-0.2, 0) is 0 Å². The van der Waals surface area contributed by atoms with Gasteiger partial charge in [-0.3, -0.25) is 9.59 Å². The summed E-state index contributed by atoms with van der Waals surface area (Å²) in [6.07, 6.45) is 2.31. The summed E-state index contributed by atoms with van der Waals surface area (Å²) in [6, 6.07) is 20.2. The quantitative estimate of drug-likeness (QED) is 0.601. The molecule has 6 nitrogen and oxygen atoms in total. The van der Waals surface area contributed by atoms with Crippen molar-refractivity contribution >= 4 is 29.9 Å². The van der Waals surface area contributed by atoms with Gasteiger partial charge in [0.1, 0.15) is 5.76 Å². The molecule has 6 rings (SSSR count). The van der Waals surface area contributed by atoms with Crippen LogP contribution in [-0.4, -0.2) is 42.4 Å². The first-order valence-corrected chi connectivity index (χ1v) is 10.8. The molecular weight excluding hydrogens is 426 g/mol. The van der Waals surface area contributed by atoms with E-state index in [1.54, 1.807) is 18.2 Å². The lowest BCUT2D eigenvalue weighted by atomic mass is 9.84. The number of amides is 2. The summed E-state index contributed by atoms with van der Waals surface area (Å²) in [6.45, 7) is 3.22. The summed E-state index contributed by atoms with van der Waals surface area (Å²) < 4.78 is 5.83. The van der Waals surface area contributed by atoms with Crippen molar-refractivity contribution < 1.29 is 14.0 Å². The van der Waals surface area contributed by atoms with Crippen LogP contribution in [0.15, 0.2) is 71.1 Å². The Morgan fingerprint density at radius 2 is 1.59 bits per heavy atom. The fourth-order valence-electron chi connectivity index (χ4n) is 4.49. The van der Waals surface area contributed by atoms with Gasteiger partial charge in [0.25, 0.3) is 11.8 Å². The number of hydrogen-bond acceptors (Lipinski definition) is 4. The summed E-state index contributed by atoms with van der Waals surface area (Å²) in [5.41, 5.74) is 2.15. The van der Waals surface area contributed by atoms with E-state index in [0.717, 1.165) is 38.0 Å². The van der Waals surface area contributed by atoms with Gasteiger partial charge < -0.3 is 20.0 Å². The summed E-state index contributed by atoms with van der Waals surface area (Å²) in [5, 5.41) is 6.04. The Labute approximate surface area is 193 Å². The maximum atomic E-state index is 12.7. The van der Waals surface area contributed by atoms with Crippen molar-refractivity contribution in [3.63, 3.8) is 0 Å². The molecule has 2 amide bonds. The van der Waals surface area contributed by atoms with E-state index in [1.165, 1.54) is 0 Å². The van der Waals surface area contributed by atoms with Crippen molar-refractivity contribution in [3.05, 3.63) is 78.1 Å². The van der Waals surface area contributed by atoms with E-state index in [-0.39, 0.29) is 30.3 Å². The normalized spacial score (nSPS) is 21.4. The standard InChI is InChI=1S/C25H25N3O3.ClH/c29-24(19-4-2-1-3-5-19)26-20-8-6-18(7-9-20)22-10-11-23(31-22)25(30)27-21-16-28-14-12-17(21)13-15-28;/h1-11,17,21H,12-16H2,(H,26,29)(H,27,30);1H. The fraction of sp³-hybridized carbons (Fsp3) is 0.280. The summed E-state index contributed by atoms with van der Waals surface area (Å²) >= 11 is 0. The molecule has 3 aromatic rings. The highest BCUT2D eigenvalue weighted by Crippen LogP contribution is 2.28. The predicted molar refractivity (Wildman–Crippen MR) is 126 cm³/mol. The van der Waals surface area contributed by atoms with Crippen molar-refractivity contribution in [2.75, 3.05) is 25.0 Å². The van der Waals surface area contributed by atoms with Gasteiger partial charge in [-0.05, 0) is 80.4 Å². The van der Waals surface area contributed by atoms with Crippen LogP contribution < -0.4 is 10.6 Å². The summed E-state index contributed by atoms with van der Waals surface area (Å²) in [5.74, 6) is 1.21. The molecule has 1 unspecified atom stereocenters. The average Bonchev–Trinajstić information content (AvgIpc) is 3.31. The van der Waals surface area contributed by atoms with Gasteiger partial charge in [0, 0.05) is 29.4 Å². The van der Waals surface area contributed by atoms with E-state index in [4.69, 9.17) is 4.42 Å². The van der Waals surface area contributed by atoms with Crippen LogP contribution in [0.3, 0.4) is 0 Å². The molecule has 0 radical (unpaired) electrons. The second kappa shape index (κ2) is 9.59. The third-order valence-corrected chi connectivity index (χ3v) is 6.27. The molecule has 4 heterocycles. The maximum absolute atomic E-state index is 12.7. The topological polar surface area (TPSA) is 74.6 Å². The van der Waals surface area contributed by atoms with E-state index in [2.05, 4.69) is 15.5 Å². The molecule has 32 heavy (non-hydrogen) atoms. The van der Waals surface area contributed by atoms with Crippen LogP contribution in [0.25, 0.3) is 11.3 Å². The molecule has 0 spiro atoms. The average molecular weight is 452 g/mol. The second-order valence-corrected chi connectivity index (χ2v) is 8.28. The molecular formula is C25H26ClN3O3. The van der Waals surface area contributed by atoms with Crippen LogP contribution in [0.2, 0.25) is 0 Å². The number of rotatable bonds is 5. The third kappa shape index (κ3) is 4.71. The smallest absolute Gasteiger partial charge is 0.287 e. The van der Waals surface area contributed by atoms with E-state index >= 15 is 0 Å². The predicted octanol–water partition coefficient (Wildman–Crippen LogP) is 4.44. The minimum Gasteiger partial charge on any atom is -0.451 e. The first kappa shape index (κ1) is 22.1. The molecule has 0 saturated carbocycles. The number of furan rings is 1. The molecule has 166 valence electrons. The van der Waals surface area contributed by atoms with Gasteiger partial charge in [-0.2, -0.15) is 0 Å². The SMILES string of the molecule is Cl.O=C(Nc1ccc(-c2ccc(C(=O)NC3CN4CCC3CC4)o2)cc1)c1ccccc1. The van der Waals surface area contributed by atoms with Crippen molar-refractivity contribution in [1.29, 1.82) is 0 Å². The van der Waals surface area contributed by atoms with Crippen LogP contribution in [0.1, 0.15) is 33.8 Å². The van der Waals surface area contributed by atoms with Crippen molar-refractivity contribution in [1.82, 2.24) is 10.2 Å². The Hall–Kier alpha value is -3.09. The van der Waals surface area contributed by atoms with Gasteiger partial charge in [0.2, 0.25) is 0 Å². The van der Waals surface area contributed by atoms with Crippen LogP contribution >= 0.6 is 12.4 Å². The molecule has 0 aliphatic carbocycles. The van der Waals surface area contributed by atoms with Gasteiger partial charge in [-0.15, -0.1) is 12.4 Å². The van der Waals surface area contributed by atoms with Gasteiger partial charge in [0.15, 0.2) is 5.76 Å². The minimum absolute atomic E-state index is 0. The fourth-order valence-corrected chi connectivity index (χ4v) is 4.49. The molecule has 3 fully saturated rings. The summed E-state index contributed by atoms with van der Waals surface area (Å²) in [7, 11) is 0. The highest BCUT2D eigenvalue weighted by molar-refractivity contribution is 6.04. The molecule has 1 aromatic heterocycles. The number of piperidine rings is 3. The Balaban J connectivity index is 0.00000245. The Bertz CT molecular complexity index is 1070. The number of benzene rings is 2. The number of nitrogens with one attached hydrogen (secondary N) is 2. The Kier molecular flexibility index (Phi) is 6.63. The molecule has 2 N–H and O–H groups in total. The number of nitrogens with zero attached hydrogens (tertiary/aromatic N) is 1. The van der Waals surface area contributed by atoms with E-state index in [1.807, 2.05) is 48.5 Å². The van der Waals surface area contributed by atoms with Gasteiger partial charge in [-0.1, -0.05) is 18.2 Å². The van der Waals surface area contributed by atoms with Gasteiger partial charge in [0.05, 0.1) is 0 Å². The zero-order valence-corrected chi connectivity index (χ0v) is 18.4. The van der Waals surface area contributed by atoms with Gasteiger partial charge >= 0.3 is 0 Å². The van der Waals surface area contributed by atoms with Crippen molar-refractivity contribution in [3.8, 4) is 11.3 Å². The number of carbonyl (C=O) groups is 2. The zero-order chi connectivity index (χ0) is 21.2. The molecule has 1 atom stereocenters. The minimum atomic E-state index is -0.156. The monoisotopic (exact) mass is 451 g/mol. The van der Waals surface area contributed by atoms with E-state index in [0.29, 0.717) is 28.7 Å². The molecule has 2 aromatic carbocycles. The second-order valence-electron chi connectivity index (χ2n) is 8.28. The van der Waals surface area contributed by atoms with Crippen LogP contribution in [0.5, 0.6) is 0 Å². The third-order valence-electron chi connectivity index (χ3n) is 6.27. The van der Waals surface area contributed by atoms with E-state index < -0.39 is 0 Å². The Morgan fingerprint density at radius 3 is 2.25 bits per heavy atom. The maximum Gasteiger partial charge on any atom is 0.287 e. The molecule has 7 heteroatoms. The molecule has 3 saturated heterocycles. The van der Waals surface area contributed by atoms with Gasteiger partial charge in [-0.25, -0.2) is 0 Å². The number of anilines is 1. The highest BCUT2D eigenvalue weighted by atomic mass is 35.5. The summed E-state index contributed by atoms with van der Waals surface area (Å²) in [4.78, 5) is 27.4. The largest absolute Gasteiger partial charge is 0.451 e. The number of carbonyl (C=O) groups excluding carboxylic acids is 2. The van der Waals surface area contributed by atoms with Crippen LogP contribution in [0, 0.1) is 5.92 Å². The zero-order valence-electron chi connectivity index (χ0n) is 17.6. The lowest BCUT2D eigenvalue weighted by molar-refractivity contribution is 0.0606. The lowest BCUT2D eigenvalue weighted by Gasteiger charge is -2.44. The number of hydrogen-bond donors (Lipinski definition) is 2. The molecule has 3 aliphatic rings. The first-order valence-electron chi connectivity index (χ1n) is 10.8. The van der Waals surface area contributed by atoms with Crippen molar-refractivity contribution in [2.45, 2.75) is 18.9 Å². The highest BCUT2D eigenvalue weighted by Gasteiger charge is 2.35. The number of halogens is 1.